The fourth-order valence-corrected chi connectivity index (χ4v) is 2.82. The molecule has 0 bridgehead atoms. The summed E-state index contributed by atoms with van der Waals surface area (Å²) in [4.78, 5) is 0. The Morgan fingerprint density at radius 2 is 2.00 bits per heavy atom. The van der Waals surface area contributed by atoms with E-state index < -0.39 is 0 Å². The van der Waals surface area contributed by atoms with E-state index in [9.17, 15) is 0 Å². The van der Waals surface area contributed by atoms with Crippen LogP contribution in [-0.2, 0) is 4.74 Å². The molecule has 2 nitrogen and oxygen atoms in total. The first-order chi connectivity index (χ1) is 7.29. The van der Waals surface area contributed by atoms with Crippen molar-refractivity contribution in [1.29, 1.82) is 0 Å². The zero-order valence-corrected chi connectivity index (χ0v) is 10.2. The van der Waals surface area contributed by atoms with Gasteiger partial charge < -0.3 is 10.1 Å². The molecule has 3 unspecified atom stereocenters. The van der Waals surface area contributed by atoms with Gasteiger partial charge in [-0.1, -0.05) is 12.8 Å². The minimum atomic E-state index is 0.353. The maximum atomic E-state index is 5.27. The fourth-order valence-electron chi connectivity index (χ4n) is 2.82. The van der Waals surface area contributed by atoms with Gasteiger partial charge in [0.15, 0.2) is 0 Å². The maximum absolute atomic E-state index is 5.27. The molecule has 0 aliphatic heterocycles. The van der Waals surface area contributed by atoms with E-state index in [0.717, 1.165) is 24.4 Å². The molecule has 2 aliphatic carbocycles. The summed E-state index contributed by atoms with van der Waals surface area (Å²) < 4.78 is 5.27. The second-order valence-electron chi connectivity index (χ2n) is 5.42. The zero-order chi connectivity index (χ0) is 10.7. The third-order valence-corrected chi connectivity index (χ3v) is 4.10. The average molecular weight is 211 g/mol. The van der Waals surface area contributed by atoms with E-state index in [1.807, 2.05) is 0 Å². The first kappa shape index (κ1) is 11.4. The first-order valence-electron chi connectivity index (χ1n) is 6.55. The van der Waals surface area contributed by atoms with Crippen LogP contribution in [0.2, 0.25) is 0 Å². The molecular weight excluding hydrogens is 186 g/mol. The molecule has 2 heteroatoms. The molecule has 0 aromatic carbocycles. The molecule has 2 aliphatic rings. The van der Waals surface area contributed by atoms with Crippen LogP contribution in [0, 0.1) is 11.8 Å². The number of methoxy groups -OCH3 is 1. The van der Waals surface area contributed by atoms with E-state index in [1.54, 1.807) is 7.11 Å². The summed E-state index contributed by atoms with van der Waals surface area (Å²) in [6.07, 6.45) is 9.08. The molecule has 2 fully saturated rings. The number of rotatable bonds is 5. The lowest BCUT2D eigenvalue weighted by molar-refractivity contribution is 0.110. The molecule has 88 valence electrons. The molecule has 15 heavy (non-hydrogen) atoms. The summed E-state index contributed by atoms with van der Waals surface area (Å²) in [5, 5.41) is 3.66. The van der Waals surface area contributed by atoms with Crippen LogP contribution in [0.25, 0.3) is 0 Å². The lowest BCUT2D eigenvalue weighted by atomic mass is 9.82. The van der Waals surface area contributed by atoms with Gasteiger partial charge in [0, 0.05) is 19.7 Å². The largest absolute Gasteiger partial charge is 0.380 e. The monoisotopic (exact) mass is 211 g/mol. The van der Waals surface area contributed by atoms with E-state index in [-0.39, 0.29) is 0 Å². The van der Waals surface area contributed by atoms with Crippen molar-refractivity contribution in [3.8, 4) is 0 Å². The quantitative estimate of drug-likeness (QED) is 0.754. The highest BCUT2D eigenvalue weighted by atomic mass is 16.5. The predicted octanol–water partition coefficient (Wildman–Crippen LogP) is 2.58. The van der Waals surface area contributed by atoms with Crippen LogP contribution in [0.15, 0.2) is 0 Å². The fraction of sp³-hybridized carbons (Fsp3) is 1.00. The molecule has 0 saturated heterocycles. The Kier molecular flexibility index (Phi) is 4.04. The normalized spacial score (nSPS) is 34.0. The summed E-state index contributed by atoms with van der Waals surface area (Å²) in [5.41, 5.74) is 0. The smallest absolute Gasteiger partial charge is 0.0667 e. The molecule has 0 aromatic heterocycles. The maximum Gasteiger partial charge on any atom is 0.0667 e. The van der Waals surface area contributed by atoms with E-state index in [2.05, 4.69) is 12.2 Å². The molecule has 0 heterocycles. The average Bonchev–Trinajstić information content (AvgIpc) is 3.10. The van der Waals surface area contributed by atoms with Gasteiger partial charge in [0.2, 0.25) is 0 Å². The van der Waals surface area contributed by atoms with Gasteiger partial charge in [-0.15, -0.1) is 0 Å². The van der Waals surface area contributed by atoms with Crippen LogP contribution in [-0.4, -0.2) is 25.8 Å². The summed E-state index contributed by atoms with van der Waals surface area (Å²) in [5.74, 6) is 2.13. The van der Waals surface area contributed by atoms with Crippen LogP contribution < -0.4 is 5.32 Å². The lowest BCUT2D eigenvalue weighted by Crippen LogP contribution is -2.38. The van der Waals surface area contributed by atoms with Gasteiger partial charge >= 0.3 is 0 Å². The van der Waals surface area contributed by atoms with Crippen molar-refractivity contribution >= 4 is 0 Å². The van der Waals surface area contributed by atoms with Crippen molar-refractivity contribution in [3.63, 3.8) is 0 Å². The molecular formula is C13H25NO. The second kappa shape index (κ2) is 5.31. The molecule has 2 saturated carbocycles. The van der Waals surface area contributed by atoms with E-state index in [4.69, 9.17) is 4.74 Å². The van der Waals surface area contributed by atoms with E-state index in [1.165, 1.54) is 38.5 Å². The SMILES string of the molecule is COC(C)CNC1CCCC(C2CC2)C1. The summed E-state index contributed by atoms with van der Waals surface area (Å²) in [6.45, 7) is 3.15. The van der Waals surface area contributed by atoms with Gasteiger partial charge in [-0.25, -0.2) is 0 Å². The summed E-state index contributed by atoms with van der Waals surface area (Å²) in [7, 11) is 1.79. The van der Waals surface area contributed by atoms with Crippen molar-refractivity contribution in [2.24, 2.45) is 11.8 Å². The Labute approximate surface area is 93.8 Å². The van der Waals surface area contributed by atoms with Crippen LogP contribution in [0.1, 0.15) is 45.4 Å². The van der Waals surface area contributed by atoms with Crippen molar-refractivity contribution in [2.75, 3.05) is 13.7 Å². The summed E-state index contributed by atoms with van der Waals surface area (Å²) >= 11 is 0. The van der Waals surface area contributed by atoms with Gasteiger partial charge in [0.1, 0.15) is 0 Å². The van der Waals surface area contributed by atoms with Gasteiger partial charge in [0.05, 0.1) is 6.10 Å². The second-order valence-corrected chi connectivity index (χ2v) is 5.42. The third kappa shape index (κ3) is 3.46. The molecule has 0 spiro atoms. The molecule has 0 aromatic rings. The number of ether oxygens (including phenoxy) is 1. The van der Waals surface area contributed by atoms with Gasteiger partial charge in [0.25, 0.3) is 0 Å². The summed E-state index contributed by atoms with van der Waals surface area (Å²) in [6, 6.07) is 0.766. The van der Waals surface area contributed by atoms with Crippen LogP contribution in [0.3, 0.4) is 0 Å². The predicted molar refractivity (Wildman–Crippen MR) is 62.9 cm³/mol. The van der Waals surface area contributed by atoms with Crippen molar-refractivity contribution in [3.05, 3.63) is 0 Å². The van der Waals surface area contributed by atoms with Crippen LogP contribution in [0.4, 0.5) is 0 Å². The highest BCUT2D eigenvalue weighted by molar-refractivity contribution is 4.87. The standard InChI is InChI=1S/C13H25NO/c1-10(15-2)9-14-13-5-3-4-12(8-13)11-6-7-11/h10-14H,3-9H2,1-2H3. The molecule has 0 amide bonds. The third-order valence-electron chi connectivity index (χ3n) is 4.10. The van der Waals surface area contributed by atoms with Crippen LogP contribution in [0.5, 0.6) is 0 Å². The minimum Gasteiger partial charge on any atom is -0.380 e. The van der Waals surface area contributed by atoms with E-state index >= 15 is 0 Å². The van der Waals surface area contributed by atoms with E-state index in [0.29, 0.717) is 6.10 Å². The van der Waals surface area contributed by atoms with Crippen LogP contribution >= 0.6 is 0 Å². The Morgan fingerprint density at radius 3 is 2.67 bits per heavy atom. The number of nitrogens with one attached hydrogen (secondary N) is 1. The highest BCUT2D eigenvalue weighted by Crippen LogP contribution is 2.43. The molecule has 1 N–H and O–H groups in total. The highest BCUT2D eigenvalue weighted by Gasteiger charge is 2.34. The van der Waals surface area contributed by atoms with Gasteiger partial charge in [-0.05, 0) is 44.4 Å². The van der Waals surface area contributed by atoms with Crippen molar-refractivity contribution in [1.82, 2.24) is 5.32 Å². The van der Waals surface area contributed by atoms with Crippen molar-refractivity contribution in [2.45, 2.75) is 57.6 Å². The molecule has 0 radical (unpaired) electrons. The van der Waals surface area contributed by atoms with Gasteiger partial charge in [-0.2, -0.15) is 0 Å². The molecule has 3 atom stereocenters. The topological polar surface area (TPSA) is 21.3 Å². The van der Waals surface area contributed by atoms with Gasteiger partial charge in [-0.3, -0.25) is 0 Å². The first-order valence-corrected chi connectivity index (χ1v) is 6.55. The zero-order valence-electron chi connectivity index (χ0n) is 10.2. The molecule has 2 rings (SSSR count). The Morgan fingerprint density at radius 1 is 1.20 bits per heavy atom. The number of hydrogen-bond acceptors (Lipinski definition) is 2. The Hall–Kier alpha value is -0.0800. The Balaban J connectivity index is 1.67. The lowest BCUT2D eigenvalue weighted by Gasteiger charge is -2.30. The minimum absolute atomic E-state index is 0.353. The van der Waals surface area contributed by atoms with Crippen molar-refractivity contribution < 1.29 is 4.74 Å². The number of hydrogen-bond donors (Lipinski definition) is 1. The Bertz CT molecular complexity index is 191.